The van der Waals surface area contributed by atoms with Gasteiger partial charge in [0, 0.05) is 19.1 Å². The second-order valence-corrected chi connectivity index (χ2v) is 4.45. The first-order valence-electron chi connectivity index (χ1n) is 5.59. The van der Waals surface area contributed by atoms with Gasteiger partial charge in [0.2, 0.25) is 0 Å². The second-order valence-electron chi connectivity index (χ2n) is 4.45. The van der Waals surface area contributed by atoms with Gasteiger partial charge in [-0.2, -0.15) is 0 Å². The van der Waals surface area contributed by atoms with E-state index in [1.54, 1.807) is 0 Å². The summed E-state index contributed by atoms with van der Waals surface area (Å²) < 4.78 is 5.69. The van der Waals surface area contributed by atoms with E-state index in [-0.39, 0.29) is 12.5 Å². The molecule has 84 valence electrons. The van der Waals surface area contributed by atoms with Crippen LogP contribution in [0, 0.1) is 11.8 Å². The molecule has 0 aromatic carbocycles. The topological polar surface area (TPSA) is 49.7 Å². The first-order valence-corrected chi connectivity index (χ1v) is 5.59. The van der Waals surface area contributed by atoms with E-state index in [0.717, 1.165) is 25.7 Å². The molecule has 1 saturated carbocycles. The lowest BCUT2D eigenvalue weighted by atomic mass is 9.88. The lowest BCUT2D eigenvalue weighted by molar-refractivity contribution is -0.0114. The van der Waals surface area contributed by atoms with Crippen LogP contribution in [0.25, 0.3) is 0 Å². The van der Waals surface area contributed by atoms with Crippen molar-refractivity contribution in [1.29, 1.82) is 0 Å². The predicted octanol–water partition coefficient (Wildman–Crippen LogP) is 1.18. The van der Waals surface area contributed by atoms with Gasteiger partial charge in [-0.15, -0.1) is 0 Å². The molecular weight excluding hydrogens is 180 g/mol. The van der Waals surface area contributed by atoms with E-state index in [4.69, 9.17) is 14.9 Å². The van der Waals surface area contributed by atoms with Crippen LogP contribution in [0.2, 0.25) is 0 Å². The van der Waals surface area contributed by atoms with Gasteiger partial charge in [-0.05, 0) is 31.6 Å². The van der Waals surface area contributed by atoms with Crippen molar-refractivity contribution in [3.63, 3.8) is 0 Å². The Morgan fingerprint density at radius 2 is 1.86 bits per heavy atom. The summed E-state index contributed by atoms with van der Waals surface area (Å²) in [5.41, 5.74) is 0. The van der Waals surface area contributed by atoms with Gasteiger partial charge in [-0.25, -0.2) is 0 Å². The van der Waals surface area contributed by atoms with Crippen molar-refractivity contribution >= 4 is 0 Å². The molecule has 0 saturated heterocycles. The molecule has 0 aromatic rings. The van der Waals surface area contributed by atoms with Crippen LogP contribution >= 0.6 is 0 Å². The molecule has 0 spiro atoms. The van der Waals surface area contributed by atoms with Crippen LogP contribution in [0.3, 0.4) is 0 Å². The molecule has 1 aliphatic rings. The Kier molecular flexibility index (Phi) is 5.45. The minimum Gasteiger partial charge on any atom is -0.396 e. The molecule has 1 fully saturated rings. The van der Waals surface area contributed by atoms with Gasteiger partial charge in [-0.1, -0.05) is 6.92 Å². The van der Waals surface area contributed by atoms with Crippen molar-refractivity contribution in [1.82, 2.24) is 0 Å². The first-order chi connectivity index (χ1) is 6.76. The van der Waals surface area contributed by atoms with E-state index in [1.165, 1.54) is 0 Å². The Bertz CT molecular complexity index is 141. The first kappa shape index (κ1) is 12.0. The summed E-state index contributed by atoms with van der Waals surface area (Å²) in [5.74, 6) is 0.732. The zero-order valence-electron chi connectivity index (χ0n) is 8.98. The van der Waals surface area contributed by atoms with Crippen LogP contribution in [-0.4, -0.2) is 36.1 Å². The van der Waals surface area contributed by atoms with Crippen molar-refractivity contribution in [3.05, 3.63) is 0 Å². The van der Waals surface area contributed by atoms with Gasteiger partial charge >= 0.3 is 0 Å². The molecule has 1 unspecified atom stereocenters. The Morgan fingerprint density at radius 3 is 2.36 bits per heavy atom. The molecule has 0 aromatic heterocycles. The van der Waals surface area contributed by atoms with E-state index in [1.807, 2.05) is 6.92 Å². The van der Waals surface area contributed by atoms with Gasteiger partial charge in [0.05, 0.1) is 12.7 Å². The summed E-state index contributed by atoms with van der Waals surface area (Å²) in [5, 5.41) is 17.8. The predicted molar refractivity (Wildman–Crippen MR) is 55.0 cm³/mol. The van der Waals surface area contributed by atoms with E-state index in [9.17, 15) is 0 Å². The summed E-state index contributed by atoms with van der Waals surface area (Å²) in [6.07, 6.45) is 4.63. The molecule has 0 radical (unpaired) electrons. The molecule has 3 heteroatoms. The normalized spacial score (nSPS) is 30.2. The van der Waals surface area contributed by atoms with Crippen molar-refractivity contribution in [2.75, 3.05) is 19.8 Å². The van der Waals surface area contributed by atoms with Crippen molar-refractivity contribution in [2.24, 2.45) is 11.8 Å². The summed E-state index contributed by atoms with van der Waals surface area (Å²) in [7, 11) is 0. The Morgan fingerprint density at radius 1 is 1.21 bits per heavy atom. The van der Waals surface area contributed by atoms with E-state index in [2.05, 4.69) is 0 Å². The van der Waals surface area contributed by atoms with Crippen LogP contribution in [0.15, 0.2) is 0 Å². The number of aliphatic hydroxyl groups excluding tert-OH is 2. The molecule has 0 bridgehead atoms. The highest BCUT2D eigenvalue weighted by Crippen LogP contribution is 2.25. The zero-order chi connectivity index (χ0) is 10.4. The van der Waals surface area contributed by atoms with Crippen LogP contribution in [0.1, 0.15) is 32.6 Å². The standard InChI is InChI=1S/C11H22O3/c1-9(6-12)8-14-11-4-2-10(7-13)3-5-11/h9-13H,2-8H2,1H3. The summed E-state index contributed by atoms with van der Waals surface area (Å²) >= 11 is 0. The van der Waals surface area contributed by atoms with E-state index in [0.29, 0.717) is 25.2 Å². The fraction of sp³-hybridized carbons (Fsp3) is 1.00. The maximum absolute atomic E-state index is 8.96. The number of aliphatic hydroxyl groups is 2. The summed E-state index contributed by atoms with van der Waals surface area (Å²) in [6.45, 7) is 3.16. The molecule has 14 heavy (non-hydrogen) atoms. The second kappa shape index (κ2) is 6.38. The number of hydrogen-bond acceptors (Lipinski definition) is 3. The molecule has 3 nitrogen and oxygen atoms in total. The minimum atomic E-state index is 0.200. The lowest BCUT2D eigenvalue weighted by Gasteiger charge is -2.28. The van der Waals surface area contributed by atoms with Crippen LogP contribution in [-0.2, 0) is 4.74 Å². The number of ether oxygens (including phenoxy) is 1. The maximum atomic E-state index is 8.96. The van der Waals surface area contributed by atoms with Crippen LogP contribution in [0.5, 0.6) is 0 Å². The van der Waals surface area contributed by atoms with Gasteiger partial charge in [0.1, 0.15) is 0 Å². The zero-order valence-corrected chi connectivity index (χ0v) is 8.98. The molecule has 0 amide bonds. The smallest absolute Gasteiger partial charge is 0.0575 e. The molecule has 2 N–H and O–H groups in total. The minimum absolute atomic E-state index is 0.200. The van der Waals surface area contributed by atoms with Crippen molar-refractivity contribution in [3.8, 4) is 0 Å². The Balaban J connectivity index is 2.10. The van der Waals surface area contributed by atoms with Gasteiger partial charge in [0.15, 0.2) is 0 Å². The van der Waals surface area contributed by atoms with Crippen LogP contribution < -0.4 is 0 Å². The van der Waals surface area contributed by atoms with Crippen LogP contribution in [0.4, 0.5) is 0 Å². The highest BCUT2D eigenvalue weighted by Gasteiger charge is 2.21. The highest BCUT2D eigenvalue weighted by atomic mass is 16.5. The average molecular weight is 202 g/mol. The molecule has 1 rings (SSSR count). The largest absolute Gasteiger partial charge is 0.396 e. The third-order valence-corrected chi connectivity index (χ3v) is 2.98. The van der Waals surface area contributed by atoms with E-state index >= 15 is 0 Å². The fourth-order valence-electron chi connectivity index (χ4n) is 1.83. The Hall–Kier alpha value is -0.120. The van der Waals surface area contributed by atoms with Gasteiger partial charge < -0.3 is 14.9 Å². The summed E-state index contributed by atoms with van der Waals surface area (Å²) in [6, 6.07) is 0. The molecule has 0 heterocycles. The SMILES string of the molecule is CC(CO)COC1CCC(CO)CC1. The highest BCUT2D eigenvalue weighted by molar-refractivity contribution is 4.72. The fourth-order valence-corrected chi connectivity index (χ4v) is 1.83. The number of hydrogen-bond donors (Lipinski definition) is 2. The molecule has 1 atom stereocenters. The van der Waals surface area contributed by atoms with Crippen molar-refractivity contribution in [2.45, 2.75) is 38.7 Å². The average Bonchev–Trinajstić information content (AvgIpc) is 2.26. The third-order valence-electron chi connectivity index (χ3n) is 2.98. The molecule has 0 aliphatic heterocycles. The van der Waals surface area contributed by atoms with Crippen molar-refractivity contribution < 1.29 is 14.9 Å². The van der Waals surface area contributed by atoms with E-state index < -0.39 is 0 Å². The molecular formula is C11H22O3. The monoisotopic (exact) mass is 202 g/mol. The lowest BCUT2D eigenvalue weighted by Crippen LogP contribution is -2.25. The summed E-state index contributed by atoms with van der Waals surface area (Å²) in [4.78, 5) is 0. The maximum Gasteiger partial charge on any atom is 0.0575 e. The van der Waals surface area contributed by atoms with Gasteiger partial charge in [-0.3, -0.25) is 0 Å². The quantitative estimate of drug-likeness (QED) is 0.704. The Labute approximate surface area is 86.1 Å². The molecule has 1 aliphatic carbocycles. The van der Waals surface area contributed by atoms with Gasteiger partial charge in [0.25, 0.3) is 0 Å². The third kappa shape index (κ3) is 3.95. The number of rotatable bonds is 5.